The van der Waals surface area contributed by atoms with Gasteiger partial charge in [0.2, 0.25) is 0 Å². The maximum atomic E-state index is 12.1. The van der Waals surface area contributed by atoms with Gasteiger partial charge in [-0.2, -0.15) is 5.26 Å². The smallest absolute Gasteiger partial charge is 0.311 e. The van der Waals surface area contributed by atoms with Gasteiger partial charge in [0.15, 0.2) is 6.10 Å². The molecule has 0 aromatic heterocycles. The van der Waals surface area contributed by atoms with Gasteiger partial charge in [-0.1, -0.05) is 35.3 Å². The van der Waals surface area contributed by atoms with Crippen LogP contribution in [0.4, 0.5) is 5.69 Å². The number of hydrogen-bond donors (Lipinski definition) is 1. The lowest BCUT2D eigenvalue weighted by atomic mass is 10.1. The van der Waals surface area contributed by atoms with Gasteiger partial charge in [0.25, 0.3) is 5.91 Å². The molecule has 0 spiro atoms. The number of ether oxygens (including phenoxy) is 1. The number of benzene rings is 2. The van der Waals surface area contributed by atoms with Gasteiger partial charge < -0.3 is 10.1 Å². The van der Waals surface area contributed by atoms with E-state index in [9.17, 15) is 9.59 Å². The standard InChI is InChI=1S/C18H14Cl2N2O3/c1-11(18(24)22-14-4-2-3-13(7-14)10-21)25-17(23)9-12-5-6-15(19)16(20)8-12/h2-8,11H,9H2,1H3,(H,22,24). The van der Waals surface area contributed by atoms with E-state index in [2.05, 4.69) is 5.32 Å². The third-order valence-corrected chi connectivity index (χ3v) is 4.01. The summed E-state index contributed by atoms with van der Waals surface area (Å²) in [5, 5.41) is 12.2. The van der Waals surface area contributed by atoms with Crippen molar-refractivity contribution in [1.82, 2.24) is 0 Å². The lowest BCUT2D eigenvalue weighted by Crippen LogP contribution is -2.30. The molecule has 0 fully saturated rings. The third kappa shape index (κ3) is 5.49. The molecule has 2 aromatic carbocycles. The van der Waals surface area contributed by atoms with Crippen LogP contribution in [0.1, 0.15) is 18.1 Å². The minimum atomic E-state index is -0.985. The second kappa shape index (κ2) is 8.52. The number of nitrogens with zero attached hydrogens (tertiary/aromatic N) is 1. The molecule has 7 heteroatoms. The monoisotopic (exact) mass is 376 g/mol. The van der Waals surface area contributed by atoms with Crippen LogP contribution in [0.2, 0.25) is 10.0 Å². The Balaban J connectivity index is 1.92. The van der Waals surface area contributed by atoms with Gasteiger partial charge in [-0.05, 0) is 42.8 Å². The number of esters is 1. The van der Waals surface area contributed by atoms with Gasteiger partial charge in [0.05, 0.1) is 28.1 Å². The first-order chi connectivity index (χ1) is 11.9. The molecule has 128 valence electrons. The van der Waals surface area contributed by atoms with E-state index < -0.39 is 18.0 Å². The zero-order valence-electron chi connectivity index (χ0n) is 13.3. The van der Waals surface area contributed by atoms with E-state index in [-0.39, 0.29) is 6.42 Å². The molecular formula is C18H14Cl2N2O3. The highest BCUT2D eigenvalue weighted by molar-refractivity contribution is 6.42. The minimum absolute atomic E-state index is 0.0293. The lowest BCUT2D eigenvalue weighted by Gasteiger charge is -2.14. The summed E-state index contributed by atoms with van der Waals surface area (Å²) in [5.41, 5.74) is 1.51. The van der Waals surface area contributed by atoms with Crippen LogP contribution in [-0.4, -0.2) is 18.0 Å². The van der Waals surface area contributed by atoms with Crippen LogP contribution in [0, 0.1) is 11.3 Å². The van der Waals surface area contributed by atoms with Gasteiger partial charge in [-0.3, -0.25) is 9.59 Å². The van der Waals surface area contributed by atoms with Crippen molar-refractivity contribution in [3.8, 4) is 6.07 Å². The minimum Gasteiger partial charge on any atom is -0.452 e. The number of halogens is 2. The van der Waals surface area contributed by atoms with Gasteiger partial charge >= 0.3 is 5.97 Å². The second-order valence-corrected chi connectivity index (χ2v) is 6.05. The topological polar surface area (TPSA) is 79.2 Å². The Morgan fingerprint density at radius 3 is 2.64 bits per heavy atom. The predicted molar refractivity (Wildman–Crippen MR) is 95.5 cm³/mol. The van der Waals surface area contributed by atoms with Crippen LogP contribution in [0.15, 0.2) is 42.5 Å². The number of nitriles is 1. The first-order valence-electron chi connectivity index (χ1n) is 7.33. The molecule has 0 aliphatic heterocycles. The molecule has 2 aromatic rings. The third-order valence-electron chi connectivity index (χ3n) is 3.27. The number of carbonyl (C=O) groups is 2. The van der Waals surface area contributed by atoms with Crippen molar-refractivity contribution in [3.05, 3.63) is 63.6 Å². The Bertz CT molecular complexity index is 846. The van der Waals surface area contributed by atoms with Crippen LogP contribution < -0.4 is 5.32 Å². The van der Waals surface area contributed by atoms with Crippen LogP contribution in [0.3, 0.4) is 0 Å². The second-order valence-electron chi connectivity index (χ2n) is 5.24. The van der Waals surface area contributed by atoms with E-state index in [1.54, 1.807) is 36.4 Å². The van der Waals surface area contributed by atoms with E-state index in [1.165, 1.54) is 13.0 Å². The molecule has 0 radical (unpaired) electrons. The SMILES string of the molecule is CC(OC(=O)Cc1ccc(Cl)c(Cl)c1)C(=O)Nc1cccc(C#N)c1. The normalized spacial score (nSPS) is 11.3. The molecule has 0 aliphatic carbocycles. The van der Waals surface area contributed by atoms with Crippen LogP contribution in [0.5, 0.6) is 0 Å². The quantitative estimate of drug-likeness (QED) is 0.800. The first-order valence-corrected chi connectivity index (χ1v) is 8.09. The average molecular weight is 377 g/mol. The fourth-order valence-corrected chi connectivity index (χ4v) is 2.34. The van der Waals surface area contributed by atoms with E-state index in [0.29, 0.717) is 26.9 Å². The van der Waals surface area contributed by atoms with E-state index in [4.69, 9.17) is 33.2 Å². The molecule has 0 heterocycles. The zero-order valence-corrected chi connectivity index (χ0v) is 14.8. The Hall–Kier alpha value is -2.55. The predicted octanol–water partition coefficient (Wildman–Crippen LogP) is 3.98. The highest BCUT2D eigenvalue weighted by atomic mass is 35.5. The fourth-order valence-electron chi connectivity index (χ4n) is 2.02. The highest BCUT2D eigenvalue weighted by Gasteiger charge is 2.18. The van der Waals surface area contributed by atoms with Gasteiger partial charge in [-0.15, -0.1) is 0 Å². The van der Waals surface area contributed by atoms with E-state index in [0.717, 1.165) is 0 Å². The average Bonchev–Trinajstić information content (AvgIpc) is 2.58. The maximum Gasteiger partial charge on any atom is 0.311 e. The molecule has 1 amide bonds. The zero-order chi connectivity index (χ0) is 18.4. The first kappa shape index (κ1) is 18.8. The van der Waals surface area contributed by atoms with Gasteiger partial charge in [0.1, 0.15) is 0 Å². The van der Waals surface area contributed by atoms with E-state index in [1.807, 2.05) is 6.07 Å². The molecule has 1 N–H and O–H groups in total. The summed E-state index contributed by atoms with van der Waals surface area (Å²) in [6.07, 6.45) is -1.01. The van der Waals surface area contributed by atoms with Gasteiger partial charge in [-0.25, -0.2) is 0 Å². The molecule has 0 saturated carbocycles. The van der Waals surface area contributed by atoms with Crippen molar-refractivity contribution < 1.29 is 14.3 Å². The summed E-state index contributed by atoms with van der Waals surface area (Å²) >= 11 is 11.7. The van der Waals surface area contributed by atoms with Crippen molar-refractivity contribution >= 4 is 40.8 Å². The van der Waals surface area contributed by atoms with Crippen molar-refractivity contribution in [2.24, 2.45) is 0 Å². The van der Waals surface area contributed by atoms with Crippen LogP contribution in [-0.2, 0) is 20.7 Å². The maximum absolute atomic E-state index is 12.1. The highest BCUT2D eigenvalue weighted by Crippen LogP contribution is 2.23. The van der Waals surface area contributed by atoms with Crippen molar-refractivity contribution in [2.45, 2.75) is 19.4 Å². The molecule has 25 heavy (non-hydrogen) atoms. The Morgan fingerprint density at radius 2 is 1.96 bits per heavy atom. The number of nitrogens with one attached hydrogen (secondary N) is 1. The largest absolute Gasteiger partial charge is 0.452 e. The summed E-state index contributed by atoms with van der Waals surface area (Å²) in [4.78, 5) is 24.0. The molecule has 2 rings (SSSR count). The number of amides is 1. The summed E-state index contributed by atoms with van der Waals surface area (Å²) in [6, 6.07) is 13.2. The summed E-state index contributed by atoms with van der Waals surface area (Å²) in [7, 11) is 0. The molecule has 5 nitrogen and oxygen atoms in total. The Kier molecular flexibility index (Phi) is 6.40. The Morgan fingerprint density at radius 1 is 1.20 bits per heavy atom. The van der Waals surface area contributed by atoms with Crippen LogP contribution >= 0.6 is 23.2 Å². The van der Waals surface area contributed by atoms with Crippen molar-refractivity contribution in [3.63, 3.8) is 0 Å². The summed E-state index contributed by atoms with van der Waals surface area (Å²) < 4.78 is 5.12. The molecule has 0 saturated heterocycles. The number of carbonyl (C=O) groups excluding carboxylic acids is 2. The molecule has 0 bridgehead atoms. The number of rotatable bonds is 5. The van der Waals surface area contributed by atoms with Crippen LogP contribution in [0.25, 0.3) is 0 Å². The Labute approximate surface area is 155 Å². The summed E-state index contributed by atoms with van der Waals surface area (Å²) in [5.74, 6) is -1.05. The lowest BCUT2D eigenvalue weighted by molar-refractivity contribution is -0.152. The fraction of sp³-hybridized carbons (Fsp3) is 0.167. The molecule has 1 unspecified atom stereocenters. The molecule has 1 atom stereocenters. The molecule has 0 aliphatic rings. The van der Waals surface area contributed by atoms with Crippen molar-refractivity contribution in [1.29, 1.82) is 5.26 Å². The molecular weight excluding hydrogens is 363 g/mol. The number of anilines is 1. The van der Waals surface area contributed by atoms with Crippen molar-refractivity contribution in [2.75, 3.05) is 5.32 Å². The van der Waals surface area contributed by atoms with E-state index >= 15 is 0 Å². The van der Waals surface area contributed by atoms with Gasteiger partial charge in [0, 0.05) is 5.69 Å². The number of hydrogen-bond acceptors (Lipinski definition) is 4. The summed E-state index contributed by atoms with van der Waals surface area (Å²) in [6.45, 7) is 1.47.